The van der Waals surface area contributed by atoms with Gasteiger partial charge >= 0.3 is 0 Å². The van der Waals surface area contributed by atoms with E-state index in [0.29, 0.717) is 36.0 Å². The number of aromatic hydroxyl groups is 1. The van der Waals surface area contributed by atoms with E-state index in [1.165, 1.54) is 6.39 Å². The highest BCUT2D eigenvalue weighted by atomic mass is 16.5. The molecule has 7 heteroatoms. The molecule has 164 valence electrons. The summed E-state index contributed by atoms with van der Waals surface area (Å²) in [6, 6.07) is 11.1. The van der Waals surface area contributed by atoms with Gasteiger partial charge in [0.2, 0.25) is 12.3 Å². The summed E-state index contributed by atoms with van der Waals surface area (Å²) in [6.07, 6.45) is 3.18. The van der Waals surface area contributed by atoms with Gasteiger partial charge in [-0.2, -0.15) is 0 Å². The van der Waals surface area contributed by atoms with Crippen molar-refractivity contribution < 1.29 is 23.8 Å². The van der Waals surface area contributed by atoms with E-state index in [-0.39, 0.29) is 23.9 Å². The third kappa shape index (κ3) is 6.07. The molecule has 0 unspecified atom stereocenters. The van der Waals surface area contributed by atoms with Crippen LogP contribution in [0, 0.1) is 12.8 Å². The molecule has 0 atom stereocenters. The highest BCUT2D eigenvalue weighted by Gasteiger charge is 2.15. The second-order valence-electron chi connectivity index (χ2n) is 7.67. The van der Waals surface area contributed by atoms with E-state index in [1.54, 1.807) is 13.0 Å². The van der Waals surface area contributed by atoms with Crippen molar-refractivity contribution >= 4 is 5.78 Å². The zero-order valence-corrected chi connectivity index (χ0v) is 18.1. The summed E-state index contributed by atoms with van der Waals surface area (Å²) < 4.78 is 16.7. The number of ketones is 1. The number of rotatable bonds is 11. The van der Waals surface area contributed by atoms with Crippen LogP contribution < -0.4 is 9.47 Å². The third-order valence-corrected chi connectivity index (χ3v) is 5.00. The Hall–Kier alpha value is -3.35. The van der Waals surface area contributed by atoms with Gasteiger partial charge in [-0.1, -0.05) is 19.9 Å². The van der Waals surface area contributed by atoms with Gasteiger partial charge < -0.3 is 19.0 Å². The SMILES string of the molecule is Cc1c(OCCCCOc2ccc(-c3nnco3)cc2)ccc(CC(=O)C(C)C)c1O. The summed E-state index contributed by atoms with van der Waals surface area (Å²) in [6.45, 7) is 6.61. The number of hydrogen-bond acceptors (Lipinski definition) is 7. The molecule has 3 aromatic rings. The van der Waals surface area contributed by atoms with Crippen LogP contribution in [-0.2, 0) is 11.2 Å². The monoisotopic (exact) mass is 424 g/mol. The fourth-order valence-corrected chi connectivity index (χ4v) is 3.00. The lowest BCUT2D eigenvalue weighted by atomic mass is 9.98. The fourth-order valence-electron chi connectivity index (χ4n) is 3.00. The maximum atomic E-state index is 11.9. The number of phenolic OH excluding ortho intramolecular Hbond substituents is 1. The van der Waals surface area contributed by atoms with Crippen LogP contribution in [0.25, 0.3) is 11.5 Å². The van der Waals surface area contributed by atoms with E-state index in [1.807, 2.05) is 44.2 Å². The van der Waals surface area contributed by atoms with Gasteiger partial charge in [0.05, 0.1) is 13.2 Å². The minimum absolute atomic E-state index is 0.0545. The Labute approximate surface area is 182 Å². The Morgan fingerprint density at radius 1 is 1.06 bits per heavy atom. The van der Waals surface area contributed by atoms with E-state index in [4.69, 9.17) is 13.9 Å². The number of aromatic nitrogens is 2. The predicted molar refractivity (Wildman–Crippen MR) is 116 cm³/mol. The minimum atomic E-state index is -0.0545. The molecule has 1 heterocycles. The molecule has 0 saturated heterocycles. The van der Waals surface area contributed by atoms with E-state index in [2.05, 4.69) is 10.2 Å². The van der Waals surface area contributed by atoms with Gasteiger partial charge in [0.1, 0.15) is 23.0 Å². The quantitative estimate of drug-likeness (QED) is 0.444. The summed E-state index contributed by atoms with van der Waals surface area (Å²) in [5.74, 6) is 2.07. The van der Waals surface area contributed by atoms with Gasteiger partial charge in [0.15, 0.2) is 0 Å². The number of phenols is 1. The van der Waals surface area contributed by atoms with Crippen LogP contribution in [0.2, 0.25) is 0 Å². The smallest absolute Gasteiger partial charge is 0.247 e. The second kappa shape index (κ2) is 10.6. The number of ether oxygens (including phenoxy) is 2. The van der Waals surface area contributed by atoms with Crippen LogP contribution in [0.4, 0.5) is 0 Å². The van der Waals surface area contributed by atoms with E-state index in [9.17, 15) is 9.90 Å². The number of carbonyl (C=O) groups excluding carboxylic acids is 1. The molecular weight excluding hydrogens is 396 g/mol. The zero-order valence-electron chi connectivity index (χ0n) is 18.1. The molecule has 0 aliphatic rings. The standard InChI is InChI=1S/C24H28N2O5/c1-16(2)21(27)14-19-8-11-22(17(3)23(19)28)30-13-5-4-12-29-20-9-6-18(7-10-20)24-26-25-15-31-24/h6-11,15-16,28H,4-5,12-14H2,1-3H3. The van der Waals surface area contributed by atoms with Crippen LogP contribution >= 0.6 is 0 Å². The van der Waals surface area contributed by atoms with Crippen molar-refractivity contribution in [3.8, 4) is 28.7 Å². The van der Waals surface area contributed by atoms with Crippen molar-refractivity contribution in [1.82, 2.24) is 10.2 Å². The second-order valence-corrected chi connectivity index (χ2v) is 7.67. The highest BCUT2D eigenvalue weighted by molar-refractivity contribution is 5.83. The molecule has 0 bridgehead atoms. The third-order valence-electron chi connectivity index (χ3n) is 5.00. The first-order valence-electron chi connectivity index (χ1n) is 10.4. The summed E-state index contributed by atoms with van der Waals surface area (Å²) in [5, 5.41) is 17.9. The first-order chi connectivity index (χ1) is 15.0. The number of carbonyl (C=O) groups is 1. The van der Waals surface area contributed by atoms with Crippen LogP contribution in [0.15, 0.2) is 47.2 Å². The predicted octanol–water partition coefficient (Wildman–Crippen LogP) is 4.76. The van der Waals surface area contributed by atoms with Gasteiger partial charge in [-0.25, -0.2) is 0 Å². The van der Waals surface area contributed by atoms with Gasteiger partial charge in [-0.3, -0.25) is 4.79 Å². The van der Waals surface area contributed by atoms with Crippen LogP contribution in [0.1, 0.15) is 37.8 Å². The maximum Gasteiger partial charge on any atom is 0.247 e. The molecule has 7 nitrogen and oxygen atoms in total. The van der Waals surface area contributed by atoms with Gasteiger partial charge in [0.25, 0.3) is 0 Å². The average Bonchev–Trinajstić information content (AvgIpc) is 3.30. The molecule has 0 radical (unpaired) electrons. The van der Waals surface area contributed by atoms with Gasteiger partial charge in [-0.15, -0.1) is 10.2 Å². The van der Waals surface area contributed by atoms with E-state index in [0.717, 1.165) is 24.2 Å². The van der Waals surface area contributed by atoms with Crippen LogP contribution in [0.3, 0.4) is 0 Å². The van der Waals surface area contributed by atoms with E-state index >= 15 is 0 Å². The lowest BCUT2D eigenvalue weighted by molar-refractivity contribution is -0.121. The van der Waals surface area contributed by atoms with Crippen molar-refractivity contribution in [3.63, 3.8) is 0 Å². The molecule has 3 rings (SSSR count). The van der Waals surface area contributed by atoms with E-state index < -0.39 is 0 Å². The number of unbranched alkanes of at least 4 members (excludes halogenated alkanes) is 1. The summed E-state index contributed by atoms with van der Waals surface area (Å²) in [5.41, 5.74) is 2.14. The Balaban J connectivity index is 1.40. The molecule has 0 fully saturated rings. The Kier molecular flexibility index (Phi) is 7.65. The number of benzene rings is 2. The molecule has 1 N–H and O–H groups in total. The lowest BCUT2D eigenvalue weighted by Crippen LogP contribution is -2.10. The van der Waals surface area contributed by atoms with Crippen LogP contribution in [-0.4, -0.2) is 34.3 Å². The first-order valence-corrected chi connectivity index (χ1v) is 10.4. The molecule has 0 spiro atoms. The van der Waals surface area contributed by atoms with Crippen molar-refractivity contribution in [2.24, 2.45) is 5.92 Å². The molecule has 0 aliphatic carbocycles. The van der Waals surface area contributed by atoms with Gasteiger partial charge in [0, 0.05) is 29.0 Å². The van der Waals surface area contributed by atoms with Crippen LogP contribution in [0.5, 0.6) is 17.2 Å². The molecule has 2 aromatic carbocycles. The minimum Gasteiger partial charge on any atom is -0.507 e. The molecule has 0 saturated carbocycles. The zero-order chi connectivity index (χ0) is 22.2. The Bertz CT molecular complexity index is 982. The average molecular weight is 424 g/mol. The maximum absolute atomic E-state index is 11.9. The first kappa shape index (κ1) is 22.3. The molecular formula is C24H28N2O5. The Morgan fingerprint density at radius 3 is 2.42 bits per heavy atom. The highest BCUT2D eigenvalue weighted by Crippen LogP contribution is 2.31. The molecule has 0 aliphatic heterocycles. The topological polar surface area (TPSA) is 94.7 Å². The summed E-state index contributed by atoms with van der Waals surface area (Å²) >= 11 is 0. The summed E-state index contributed by atoms with van der Waals surface area (Å²) in [4.78, 5) is 11.9. The summed E-state index contributed by atoms with van der Waals surface area (Å²) in [7, 11) is 0. The molecule has 1 aromatic heterocycles. The largest absolute Gasteiger partial charge is 0.507 e. The van der Waals surface area contributed by atoms with Crippen molar-refractivity contribution in [2.45, 2.75) is 40.0 Å². The lowest BCUT2D eigenvalue weighted by Gasteiger charge is -2.14. The number of hydrogen-bond donors (Lipinski definition) is 1. The Morgan fingerprint density at radius 2 is 1.77 bits per heavy atom. The molecule has 0 amide bonds. The number of Topliss-reactive ketones (excluding diaryl/α,β-unsaturated/α-hetero) is 1. The number of nitrogens with zero attached hydrogens (tertiary/aromatic N) is 2. The van der Waals surface area contributed by atoms with Crippen molar-refractivity contribution in [2.75, 3.05) is 13.2 Å². The van der Waals surface area contributed by atoms with Crippen molar-refractivity contribution in [1.29, 1.82) is 0 Å². The van der Waals surface area contributed by atoms with Crippen molar-refractivity contribution in [3.05, 3.63) is 53.9 Å². The fraction of sp³-hybridized carbons (Fsp3) is 0.375. The normalized spacial score (nSPS) is 11.0. The van der Waals surface area contributed by atoms with Gasteiger partial charge in [-0.05, 0) is 50.1 Å². The molecule has 31 heavy (non-hydrogen) atoms.